The van der Waals surface area contributed by atoms with E-state index in [4.69, 9.17) is 4.74 Å². The number of ether oxygens (including phenoxy) is 1. The summed E-state index contributed by atoms with van der Waals surface area (Å²) in [5, 5.41) is 5.46. The van der Waals surface area contributed by atoms with Crippen molar-refractivity contribution >= 4 is 17.7 Å². The maximum atomic E-state index is 12.1. The van der Waals surface area contributed by atoms with E-state index in [1.165, 1.54) is 10.7 Å². The number of aromatic amines is 1. The maximum Gasteiger partial charge on any atom is 0.406 e. The highest BCUT2D eigenvalue weighted by molar-refractivity contribution is 6.03. The zero-order valence-corrected chi connectivity index (χ0v) is 12.1. The molecule has 1 amide bonds. The number of rotatable bonds is 4. The van der Waals surface area contributed by atoms with Gasteiger partial charge in [0.05, 0.1) is 12.7 Å². The van der Waals surface area contributed by atoms with Gasteiger partial charge in [0, 0.05) is 6.20 Å². The van der Waals surface area contributed by atoms with Crippen LogP contribution in [-0.2, 0) is 11.8 Å². The third-order valence-electron chi connectivity index (χ3n) is 2.82. The summed E-state index contributed by atoms with van der Waals surface area (Å²) in [6.45, 7) is 3.91. The Labute approximate surface area is 121 Å². The second-order valence-corrected chi connectivity index (χ2v) is 4.51. The number of nitrogens with zero attached hydrogens (tertiary/aromatic N) is 2. The molecule has 2 N–H and O–H groups in total. The van der Waals surface area contributed by atoms with Crippen molar-refractivity contribution < 1.29 is 19.0 Å². The van der Waals surface area contributed by atoms with E-state index in [9.17, 15) is 9.59 Å². The van der Waals surface area contributed by atoms with Crippen molar-refractivity contribution in [2.75, 3.05) is 11.9 Å². The number of aromatic nitrogens is 3. The van der Waals surface area contributed by atoms with E-state index >= 15 is 0 Å². The van der Waals surface area contributed by atoms with E-state index in [2.05, 4.69) is 15.4 Å². The maximum absolute atomic E-state index is 12.1. The van der Waals surface area contributed by atoms with Crippen molar-refractivity contribution in [3.63, 3.8) is 0 Å². The molecule has 0 bridgehead atoms. The normalized spacial score (nSPS) is 10.2. The van der Waals surface area contributed by atoms with Gasteiger partial charge in [-0.1, -0.05) is 0 Å². The molecule has 0 saturated carbocycles. The Bertz CT molecular complexity index is 679. The van der Waals surface area contributed by atoms with Gasteiger partial charge >= 0.3 is 11.7 Å². The number of carbonyl (C=O) groups excluding carboxylic acids is 2. The van der Waals surface area contributed by atoms with Crippen LogP contribution in [0.1, 0.15) is 33.5 Å². The number of esters is 1. The molecule has 7 nitrogen and oxygen atoms in total. The largest absolute Gasteiger partial charge is 0.458 e. The van der Waals surface area contributed by atoms with Crippen LogP contribution in [0.2, 0.25) is 0 Å². The molecule has 0 aliphatic carbocycles. The monoisotopic (exact) mass is 289 g/mol. The molecule has 0 radical (unpaired) electrons. The molecule has 0 saturated heterocycles. The molecule has 0 atom stereocenters. The Hall–Kier alpha value is -2.70. The van der Waals surface area contributed by atoms with Crippen LogP contribution in [0.5, 0.6) is 0 Å². The van der Waals surface area contributed by atoms with E-state index < -0.39 is 5.97 Å². The van der Waals surface area contributed by atoms with Crippen molar-refractivity contribution in [1.29, 1.82) is 0 Å². The number of nitrogens with one attached hydrogen (secondary N) is 2. The van der Waals surface area contributed by atoms with Crippen molar-refractivity contribution in [3.8, 4) is 0 Å². The van der Waals surface area contributed by atoms with Gasteiger partial charge in [-0.3, -0.25) is 4.79 Å². The van der Waals surface area contributed by atoms with Crippen LogP contribution in [0.25, 0.3) is 0 Å². The average molecular weight is 289 g/mol. The van der Waals surface area contributed by atoms with Gasteiger partial charge < -0.3 is 10.1 Å². The first-order chi connectivity index (χ1) is 10.0. The van der Waals surface area contributed by atoms with Crippen molar-refractivity contribution in [1.82, 2.24) is 10.1 Å². The van der Waals surface area contributed by atoms with Gasteiger partial charge in [0.1, 0.15) is 5.82 Å². The lowest BCUT2D eigenvalue weighted by molar-refractivity contribution is -0.729. The van der Waals surface area contributed by atoms with Crippen molar-refractivity contribution in [2.45, 2.75) is 13.8 Å². The number of amides is 1. The summed E-state index contributed by atoms with van der Waals surface area (Å²) in [7, 11) is 1.63. The Balaban J connectivity index is 2.17. The number of hydrogen-bond donors (Lipinski definition) is 2. The number of pyridine rings is 1. The molecule has 0 aromatic carbocycles. The zero-order valence-electron chi connectivity index (χ0n) is 12.1. The number of hydrogen-bond acceptors (Lipinski definition) is 4. The molecule has 7 heteroatoms. The Kier molecular flexibility index (Phi) is 4.32. The van der Waals surface area contributed by atoms with Gasteiger partial charge in [0.15, 0.2) is 12.7 Å². The van der Waals surface area contributed by atoms with Crippen molar-refractivity contribution in [3.05, 3.63) is 41.3 Å². The fraction of sp³-hybridized carbons (Fsp3) is 0.286. The summed E-state index contributed by atoms with van der Waals surface area (Å²) in [6, 6.07) is 5.04. The minimum Gasteiger partial charge on any atom is -0.458 e. The van der Waals surface area contributed by atoms with Gasteiger partial charge in [-0.05, 0) is 31.5 Å². The zero-order chi connectivity index (χ0) is 15.4. The van der Waals surface area contributed by atoms with Crippen LogP contribution >= 0.6 is 0 Å². The fourth-order valence-corrected chi connectivity index (χ4v) is 1.81. The SMILES string of the molecule is CCOC(=O)c1cc(C(=O)Nc2cc(C)ccn2)[nH][n+]1C. The summed E-state index contributed by atoms with van der Waals surface area (Å²) in [5.74, 6) is -0.404. The van der Waals surface area contributed by atoms with Gasteiger partial charge in [0.25, 0.3) is 5.91 Å². The molecule has 0 fully saturated rings. The Morgan fingerprint density at radius 1 is 1.43 bits per heavy atom. The van der Waals surface area contributed by atoms with Crippen LogP contribution in [0, 0.1) is 6.92 Å². The molecule has 0 aliphatic rings. The first kappa shape index (κ1) is 14.7. The van der Waals surface area contributed by atoms with Gasteiger partial charge in [0.2, 0.25) is 0 Å². The lowest BCUT2D eigenvalue weighted by Crippen LogP contribution is -2.37. The number of carbonyl (C=O) groups is 2. The van der Waals surface area contributed by atoms with Crippen LogP contribution in [0.4, 0.5) is 5.82 Å². The first-order valence-electron chi connectivity index (χ1n) is 6.51. The molecule has 0 spiro atoms. The second kappa shape index (κ2) is 6.17. The molecule has 2 rings (SSSR count). The quantitative estimate of drug-likeness (QED) is 0.648. The third-order valence-corrected chi connectivity index (χ3v) is 2.82. The molecule has 2 heterocycles. The van der Waals surface area contributed by atoms with E-state index in [-0.39, 0.29) is 23.9 Å². The smallest absolute Gasteiger partial charge is 0.406 e. The lowest BCUT2D eigenvalue weighted by Gasteiger charge is -2.01. The molecule has 21 heavy (non-hydrogen) atoms. The Morgan fingerprint density at radius 2 is 2.19 bits per heavy atom. The molecule has 0 unspecified atom stereocenters. The molecule has 2 aromatic rings. The number of H-pyrrole nitrogens is 1. The average Bonchev–Trinajstić information content (AvgIpc) is 2.81. The van der Waals surface area contributed by atoms with Gasteiger partial charge in [-0.25, -0.2) is 9.78 Å². The third kappa shape index (κ3) is 3.44. The molecular formula is C14H17N4O3+. The minimum absolute atomic E-state index is 0.254. The second-order valence-electron chi connectivity index (χ2n) is 4.51. The van der Waals surface area contributed by atoms with E-state index in [1.807, 2.05) is 13.0 Å². The van der Waals surface area contributed by atoms with Crippen LogP contribution in [0.15, 0.2) is 24.4 Å². The van der Waals surface area contributed by atoms with Crippen molar-refractivity contribution in [2.24, 2.45) is 7.05 Å². The summed E-state index contributed by atoms with van der Waals surface area (Å²) in [4.78, 5) is 27.9. The van der Waals surface area contributed by atoms with Crippen LogP contribution < -0.4 is 10.00 Å². The summed E-state index contributed by atoms with van der Waals surface area (Å²) in [5.41, 5.74) is 1.52. The molecule has 0 aliphatic heterocycles. The van der Waals surface area contributed by atoms with Crippen LogP contribution in [0.3, 0.4) is 0 Å². The molecule has 2 aromatic heterocycles. The topological polar surface area (TPSA) is 88.0 Å². The highest BCUT2D eigenvalue weighted by atomic mass is 16.5. The standard InChI is InChI=1S/C14H16N4O3/c1-4-21-14(20)11-8-10(17-18(11)3)13(19)16-12-7-9(2)5-6-15-12/h5-8H,4H2,1-3H3,(H,15,16,19)/p+1. The minimum atomic E-state index is -0.482. The summed E-state index contributed by atoms with van der Waals surface area (Å²) in [6.07, 6.45) is 1.61. The number of anilines is 1. The van der Waals surface area contributed by atoms with E-state index in [0.29, 0.717) is 5.82 Å². The summed E-state index contributed by atoms with van der Waals surface area (Å²) < 4.78 is 6.35. The fourth-order valence-electron chi connectivity index (χ4n) is 1.81. The van der Waals surface area contributed by atoms with E-state index in [1.54, 1.807) is 26.2 Å². The first-order valence-corrected chi connectivity index (χ1v) is 6.51. The highest BCUT2D eigenvalue weighted by Gasteiger charge is 2.25. The predicted octanol–water partition coefficient (Wildman–Crippen LogP) is 0.972. The van der Waals surface area contributed by atoms with Gasteiger partial charge in [-0.15, -0.1) is 4.68 Å². The van der Waals surface area contributed by atoms with E-state index in [0.717, 1.165) is 5.56 Å². The van der Waals surface area contributed by atoms with Gasteiger partial charge in [-0.2, -0.15) is 5.10 Å². The summed E-state index contributed by atoms with van der Waals surface area (Å²) >= 11 is 0. The molecule has 110 valence electrons. The highest BCUT2D eigenvalue weighted by Crippen LogP contribution is 2.08. The lowest BCUT2D eigenvalue weighted by atomic mass is 10.3. The predicted molar refractivity (Wildman–Crippen MR) is 74.9 cm³/mol. The van der Waals surface area contributed by atoms with Crippen LogP contribution in [-0.4, -0.2) is 28.6 Å². The molecular weight excluding hydrogens is 272 g/mol. The Morgan fingerprint density at radius 3 is 2.86 bits per heavy atom. The number of aryl methyl sites for hydroxylation is 2.